The lowest BCUT2D eigenvalue weighted by molar-refractivity contribution is -0.0351. The number of hydrogen-bond acceptors (Lipinski definition) is 6. The van der Waals surface area contributed by atoms with Crippen LogP contribution in [0.1, 0.15) is 55.4 Å². The molecule has 0 N–H and O–H groups in total. The summed E-state index contributed by atoms with van der Waals surface area (Å²) in [6, 6.07) is 18.3. The first-order valence-electron chi connectivity index (χ1n) is 14.1. The van der Waals surface area contributed by atoms with Gasteiger partial charge in [-0.1, -0.05) is 48.5 Å². The van der Waals surface area contributed by atoms with Gasteiger partial charge in [0, 0.05) is 62.5 Å². The highest BCUT2D eigenvalue weighted by molar-refractivity contribution is 6.61. The minimum absolute atomic E-state index is 0.0710. The van der Waals surface area contributed by atoms with Crippen molar-refractivity contribution < 1.29 is 26.6 Å². The van der Waals surface area contributed by atoms with Crippen molar-refractivity contribution in [2.75, 3.05) is 26.4 Å². The number of benzene rings is 2. The Kier molecular flexibility index (Phi) is 12.3. The number of rotatable bonds is 14. The molecule has 0 bridgehead atoms. The van der Waals surface area contributed by atoms with Gasteiger partial charge in [-0.3, -0.25) is 0 Å². The zero-order valence-corrected chi connectivity index (χ0v) is 26.7. The van der Waals surface area contributed by atoms with Crippen LogP contribution < -0.4 is 0 Å². The molecular formula is C29H42Cl2O6Si2. The Morgan fingerprint density at radius 2 is 1.31 bits per heavy atom. The fourth-order valence-electron chi connectivity index (χ4n) is 4.82. The Bertz CT molecular complexity index is 990. The number of halogens is 2. The normalized spacial score (nSPS) is 23.9. The molecule has 10 heteroatoms. The summed E-state index contributed by atoms with van der Waals surface area (Å²) in [4.78, 5) is 0. The fraction of sp³-hybridized carbons (Fsp3) is 0.586. The van der Waals surface area contributed by atoms with Crippen LogP contribution >= 0.6 is 23.2 Å². The largest absolute Gasteiger partial charge is 0.501 e. The second-order valence-corrected chi connectivity index (χ2v) is 16.3. The molecule has 0 radical (unpaired) electrons. The van der Waals surface area contributed by atoms with Crippen LogP contribution in [0.4, 0.5) is 0 Å². The number of alkyl halides is 2. The molecule has 3 atom stereocenters. The third-order valence-corrected chi connectivity index (χ3v) is 13.6. The molecule has 0 spiro atoms. The van der Waals surface area contributed by atoms with E-state index in [1.165, 1.54) is 11.1 Å². The predicted molar refractivity (Wildman–Crippen MR) is 159 cm³/mol. The Labute approximate surface area is 245 Å². The summed E-state index contributed by atoms with van der Waals surface area (Å²) in [6.45, 7) is 6.74. The van der Waals surface area contributed by atoms with Crippen molar-refractivity contribution in [2.45, 2.75) is 82.0 Å². The fourth-order valence-corrected chi connectivity index (χ4v) is 10.8. The van der Waals surface area contributed by atoms with Crippen molar-refractivity contribution >= 4 is 40.8 Å². The van der Waals surface area contributed by atoms with Crippen LogP contribution in [0, 0.1) is 0 Å². The molecule has 0 amide bonds. The number of aryl methyl sites for hydroxylation is 2. The SMILES string of the molecule is CC(CCO[Si]1(CCc2ccc(CCl)cc2)OCCCO1)O[Si]1(CCc2ccc(CCl)cc2)OCCC(C)O1. The molecule has 4 rings (SSSR count). The molecule has 3 unspecified atom stereocenters. The standard InChI is InChI=1S/C29H42Cl2O6Si2/c1-24(36-39(35-19-13-25(2)37-39)21-15-27-6-10-29(23-31)11-7-27)12-18-34-38(32-16-3-17-33-38)20-14-26-4-8-28(22-30)9-5-26/h4-11,24-25H,3,12-23H2,1-2H3. The van der Waals surface area contributed by atoms with E-state index in [9.17, 15) is 0 Å². The zero-order valence-electron chi connectivity index (χ0n) is 23.2. The Morgan fingerprint density at radius 3 is 1.85 bits per heavy atom. The first-order chi connectivity index (χ1) is 18.9. The molecule has 2 saturated heterocycles. The van der Waals surface area contributed by atoms with Gasteiger partial charge in [-0.2, -0.15) is 0 Å². The van der Waals surface area contributed by atoms with Crippen molar-refractivity contribution in [2.24, 2.45) is 0 Å². The van der Waals surface area contributed by atoms with Crippen LogP contribution in [0.15, 0.2) is 48.5 Å². The lowest BCUT2D eigenvalue weighted by Gasteiger charge is -2.38. The van der Waals surface area contributed by atoms with E-state index in [0.29, 0.717) is 44.6 Å². The van der Waals surface area contributed by atoms with Gasteiger partial charge in [0.25, 0.3) is 0 Å². The second-order valence-electron chi connectivity index (χ2n) is 10.4. The molecule has 0 saturated carbocycles. The minimum atomic E-state index is -2.83. The summed E-state index contributed by atoms with van der Waals surface area (Å²) in [5, 5.41) is 0. The van der Waals surface area contributed by atoms with Crippen molar-refractivity contribution in [1.29, 1.82) is 0 Å². The maximum atomic E-state index is 6.61. The molecule has 0 aromatic heterocycles. The lowest BCUT2D eigenvalue weighted by atomic mass is 10.1. The maximum Gasteiger partial charge on any atom is 0.501 e. The third kappa shape index (κ3) is 9.63. The van der Waals surface area contributed by atoms with E-state index in [-0.39, 0.29) is 12.2 Å². The van der Waals surface area contributed by atoms with E-state index in [0.717, 1.165) is 48.9 Å². The molecule has 2 aliphatic heterocycles. The van der Waals surface area contributed by atoms with Crippen LogP contribution in [0.2, 0.25) is 12.1 Å². The average molecular weight is 614 g/mol. The van der Waals surface area contributed by atoms with Crippen LogP contribution in [0.25, 0.3) is 0 Å². The molecule has 39 heavy (non-hydrogen) atoms. The molecular weight excluding hydrogens is 571 g/mol. The van der Waals surface area contributed by atoms with Gasteiger partial charge in [-0.15, -0.1) is 23.2 Å². The van der Waals surface area contributed by atoms with E-state index in [1.807, 2.05) is 0 Å². The third-order valence-electron chi connectivity index (χ3n) is 7.18. The van der Waals surface area contributed by atoms with Crippen LogP contribution in [0.5, 0.6) is 0 Å². The van der Waals surface area contributed by atoms with E-state index < -0.39 is 17.6 Å². The first-order valence-corrected chi connectivity index (χ1v) is 19.1. The van der Waals surface area contributed by atoms with Crippen molar-refractivity contribution in [3.63, 3.8) is 0 Å². The summed E-state index contributed by atoms with van der Waals surface area (Å²) in [6.07, 6.45) is 4.25. The highest BCUT2D eigenvalue weighted by Gasteiger charge is 2.47. The molecule has 2 aromatic carbocycles. The quantitative estimate of drug-likeness (QED) is 0.171. The van der Waals surface area contributed by atoms with Gasteiger partial charge in [0.1, 0.15) is 0 Å². The van der Waals surface area contributed by atoms with Gasteiger partial charge in [-0.25, -0.2) is 0 Å². The molecule has 2 fully saturated rings. The second kappa shape index (κ2) is 15.4. The monoisotopic (exact) mass is 612 g/mol. The summed E-state index contributed by atoms with van der Waals surface area (Å²) in [5.41, 5.74) is 4.71. The summed E-state index contributed by atoms with van der Waals surface area (Å²) < 4.78 is 38.1. The van der Waals surface area contributed by atoms with Gasteiger partial charge >= 0.3 is 17.6 Å². The summed E-state index contributed by atoms with van der Waals surface area (Å²) in [7, 11) is -5.58. The predicted octanol–water partition coefficient (Wildman–Crippen LogP) is 6.90. The molecule has 2 heterocycles. The van der Waals surface area contributed by atoms with Crippen molar-refractivity contribution in [3.05, 3.63) is 70.8 Å². The smallest absolute Gasteiger partial charge is 0.373 e. The highest BCUT2D eigenvalue weighted by atomic mass is 35.5. The first kappa shape index (κ1) is 31.2. The topological polar surface area (TPSA) is 55.4 Å². The maximum absolute atomic E-state index is 6.61. The van der Waals surface area contributed by atoms with Crippen LogP contribution in [-0.2, 0) is 51.2 Å². The molecule has 0 aliphatic carbocycles. The van der Waals surface area contributed by atoms with Crippen LogP contribution in [-0.4, -0.2) is 56.2 Å². The summed E-state index contributed by atoms with van der Waals surface area (Å²) >= 11 is 11.9. The van der Waals surface area contributed by atoms with Gasteiger partial charge < -0.3 is 26.6 Å². The van der Waals surface area contributed by atoms with Crippen LogP contribution in [0.3, 0.4) is 0 Å². The molecule has 2 aromatic rings. The van der Waals surface area contributed by atoms with Gasteiger partial charge in [0.05, 0.1) is 0 Å². The Hall–Kier alpha value is -0.786. The van der Waals surface area contributed by atoms with E-state index in [4.69, 9.17) is 49.8 Å². The average Bonchev–Trinajstić information content (AvgIpc) is 2.96. The molecule has 2 aliphatic rings. The van der Waals surface area contributed by atoms with E-state index in [1.54, 1.807) is 0 Å². The lowest BCUT2D eigenvalue weighted by Crippen LogP contribution is -2.54. The number of hydrogen-bond donors (Lipinski definition) is 0. The molecule has 216 valence electrons. The molecule has 6 nitrogen and oxygen atoms in total. The zero-order chi connectivity index (χ0) is 27.6. The van der Waals surface area contributed by atoms with Gasteiger partial charge in [0.2, 0.25) is 0 Å². The van der Waals surface area contributed by atoms with E-state index >= 15 is 0 Å². The van der Waals surface area contributed by atoms with Gasteiger partial charge in [0.15, 0.2) is 0 Å². The minimum Gasteiger partial charge on any atom is -0.373 e. The van der Waals surface area contributed by atoms with Crippen molar-refractivity contribution in [1.82, 2.24) is 0 Å². The Balaban J connectivity index is 1.30. The van der Waals surface area contributed by atoms with Gasteiger partial charge in [-0.05, 0) is 68.2 Å². The van der Waals surface area contributed by atoms with Crippen molar-refractivity contribution in [3.8, 4) is 0 Å². The summed E-state index contributed by atoms with van der Waals surface area (Å²) in [5.74, 6) is 1.04. The Morgan fingerprint density at radius 1 is 0.795 bits per heavy atom. The highest BCUT2D eigenvalue weighted by Crippen LogP contribution is 2.29. The van der Waals surface area contributed by atoms with E-state index in [2.05, 4.69) is 62.4 Å².